The fourth-order valence-corrected chi connectivity index (χ4v) is 2.23. The highest BCUT2D eigenvalue weighted by molar-refractivity contribution is 6.31. The minimum absolute atomic E-state index is 0.645. The summed E-state index contributed by atoms with van der Waals surface area (Å²) in [4.78, 5) is 2.07. The highest BCUT2D eigenvalue weighted by Gasteiger charge is 2.09. The Morgan fingerprint density at radius 2 is 1.95 bits per heavy atom. The van der Waals surface area contributed by atoms with Gasteiger partial charge in [-0.2, -0.15) is 0 Å². The lowest BCUT2D eigenvalue weighted by molar-refractivity contribution is 0.409. The van der Waals surface area contributed by atoms with Crippen LogP contribution in [-0.2, 0) is 6.54 Å². The third kappa shape index (κ3) is 3.12. The Balaban J connectivity index is 2.23. The van der Waals surface area contributed by atoms with Gasteiger partial charge in [0.1, 0.15) is 5.75 Å². The van der Waals surface area contributed by atoms with Gasteiger partial charge in [-0.1, -0.05) is 29.8 Å². The van der Waals surface area contributed by atoms with Crippen LogP contribution in [-0.4, -0.2) is 14.2 Å². The Kier molecular flexibility index (Phi) is 4.17. The number of rotatable bonds is 4. The molecule has 0 saturated heterocycles. The summed E-state index contributed by atoms with van der Waals surface area (Å²) >= 11 is 5.91. The van der Waals surface area contributed by atoms with E-state index in [1.807, 2.05) is 43.4 Å². The van der Waals surface area contributed by atoms with Crippen LogP contribution in [0.3, 0.4) is 0 Å². The van der Waals surface area contributed by atoms with Gasteiger partial charge in [-0.3, -0.25) is 0 Å². The molecule has 4 heteroatoms. The molecule has 2 N–H and O–H groups in total. The van der Waals surface area contributed by atoms with E-state index in [4.69, 9.17) is 22.1 Å². The molecule has 0 aliphatic rings. The molecule has 0 fully saturated rings. The van der Waals surface area contributed by atoms with Gasteiger partial charge in [0.15, 0.2) is 0 Å². The lowest BCUT2D eigenvalue weighted by atomic mass is 10.1. The van der Waals surface area contributed by atoms with Crippen LogP contribution in [0.4, 0.5) is 11.4 Å². The molecule has 0 aliphatic carbocycles. The first-order valence-corrected chi connectivity index (χ1v) is 6.37. The first-order valence-electron chi connectivity index (χ1n) is 6.00. The second-order valence-electron chi connectivity index (χ2n) is 4.37. The Morgan fingerprint density at radius 3 is 2.63 bits per heavy atom. The topological polar surface area (TPSA) is 38.5 Å². The molecule has 0 bridgehead atoms. The quantitative estimate of drug-likeness (QED) is 0.868. The maximum Gasteiger partial charge on any atom is 0.123 e. The van der Waals surface area contributed by atoms with E-state index in [-0.39, 0.29) is 0 Å². The molecule has 2 aromatic rings. The fourth-order valence-electron chi connectivity index (χ4n) is 2.05. The molecule has 0 spiro atoms. The Hall–Kier alpha value is -1.87. The molecule has 2 aromatic carbocycles. The van der Waals surface area contributed by atoms with E-state index in [0.29, 0.717) is 10.7 Å². The number of ether oxygens (including phenoxy) is 1. The summed E-state index contributed by atoms with van der Waals surface area (Å²) in [6, 6.07) is 13.5. The van der Waals surface area contributed by atoms with Gasteiger partial charge in [0.25, 0.3) is 0 Å². The number of hydrogen-bond donors (Lipinski definition) is 1. The normalized spacial score (nSPS) is 10.3. The molecule has 0 aromatic heterocycles. The zero-order valence-electron chi connectivity index (χ0n) is 11.1. The van der Waals surface area contributed by atoms with E-state index in [1.54, 1.807) is 13.2 Å². The number of nitrogen functional groups attached to an aromatic ring is 1. The average molecular weight is 277 g/mol. The van der Waals surface area contributed by atoms with Crippen molar-refractivity contribution >= 4 is 23.0 Å². The molecular weight excluding hydrogens is 260 g/mol. The van der Waals surface area contributed by atoms with Crippen molar-refractivity contribution < 1.29 is 4.74 Å². The van der Waals surface area contributed by atoms with Crippen LogP contribution >= 0.6 is 11.6 Å². The SMILES string of the molecule is COc1ccccc1CN(C)c1ccc(Cl)cc1N. The minimum Gasteiger partial charge on any atom is -0.496 e. The van der Waals surface area contributed by atoms with Gasteiger partial charge >= 0.3 is 0 Å². The molecule has 3 nitrogen and oxygen atoms in total. The number of nitrogens with zero attached hydrogens (tertiary/aromatic N) is 1. The third-order valence-electron chi connectivity index (χ3n) is 3.00. The fraction of sp³-hybridized carbons (Fsp3) is 0.200. The first-order chi connectivity index (χ1) is 9.11. The molecule has 0 amide bonds. The predicted octanol–water partition coefficient (Wildman–Crippen LogP) is 3.57. The molecule has 0 heterocycles. The summed E-state index contributed by atoms with van der Waals surface area (Å²) < 4.78 is 5.35. The van der Waals surface area contributed by atoms with Crippen molar-refractivity contribution in [2.75, 3.05) is 24.8 Å². The van der Waals surface area contributed by atoms with E-state index in [1.165, 1.54) is 0 Å². The number of hydrogen-bond acceptors (Lipinski definition) is 3. The maximum atomic E-state index is 5.99. The molecule has 0 radical (unpaired) electrons. The van der Waals surface area contributed by atoms with E-state index in [2.05, 4.69) is 4.90 Å². The smallest absolute Gasteiger partial charge is 0.123 e. The van der Waals surface area contributed by atoms with E-state index in [9.17, 15) is 0 Å². The minimum atomic E-state index is 0.645. The van der Waals surface area contributed by atoms with Gasteiger partial charge in [-0.05, 0) is 24.3 Å². The highest BCUT2D eigenvalue weighted by atomic mass is 35.5. The van der Waals surface area contributed by atoms with Crippen LogP contribution in [0.25, 0.3) is 0 Å². The summed E-state index contributed by atoms with van der Waals surface area (Å²) in [5, 5.41) is 0.645. The number of anilines is 2. The van der Waals surface area contributed by atoms with Crippen LogP contribution in [0.15, 0.2) is 42.5 Å². The van der Waals surface area contributed by atoms with Crippen molar-refractivity contribution in [3.63, 3.8) is 0 Å². The second kappa shape index (κ2) is 5.85. The van der Waals surface area contributed by atoms with E-state index >= 15 is 0 Å². The summed E-state index contributed by atoms with van der Waals surface area (Å²) in [6.45, 7) is 0.718. The predicted molar refractivity (Wildman–Crippen MR) is 81.0 cm³/mol. The monoisotopic (exact) mass is 276 g/mol. The van der Waals surface area contributed by atoms with Crippen molar-refractivity contribution in [2.24, 2.45) is 0 Å². The molecular formula is C15H17ClN2O. The van der Waals surface area contributed by atoms with Crippen LogP contribution in [0.5, 0.6) is 5.75 Å². The molecule has 0 atom stereocenters. The van der Waals surface area contributed by atoms with Gasteiger partial charge < -0.3 is 15.4 Å². The Labute approximate surface area is 118 Å². The summed E-state index contributed by atoms with van der Waals surface area (Å²) in [5.74, 6) is 0.877. The third-order valence-corrected chi connectivity index (χ3v) is 3.24. The number of para-hydroxylation sites is 1. The van der Waals surface area contributed by atoms with Crippen molar-refractivity contribution in [1.29, 1.82) is 0 Å². The van der Waals surface area contributed by atoms with Gasteiger partial charge in [0, 0.05) is 24.2 Å². The lowest BCUT2D eigenvalue weighted by Gasteiger charge is -2.22. The summed E-state index contributed by atoms with van der Waals surface area (Å²) in [6.07, 6.45) is 0. The highest BCUT2D eigenvalue weighted by Crippen LogP contribution is 2.28. The number of halogens is 1. The van der Waals surface area contributed by atoms with Crippen molar-refractivity contribution in [1.82, 2.24) is 0 Å². The van der Waals surface area contributed by atoms with Gasteiger partial charge in [0.05, 0.1) is 18.5 Å². The van der Waals surface area contributed by atoms with Gasteiger partial charge in [-0.15, -0.1) is 0 Å². The largest absolute Gasteiger partial charge is 0.496 e. The van der Waals surface area contributed by atoms with Crippen molar-refractivity contribution in [2.45, 2.75) is 6.54 Å². The molecule has 2 rings (SSSR count). The lowest BCUT2D eigenvalue weighted by Crippen LogP contribution is -2.18. The van der Waals surface area contributed by atoms with Crippen LogP contribution < -0.4 is 15.4 Å². The van der Waals surface area contributed by atoms with Gasteiger partial charge in [0.2, 0.25) is 0 Å². The van der Waals surface area contributed by atoms with E-state index < -0.39 is 0 Å². The second-order valence-corrected chi connectivity index (χ2v) is 4.81. The number of benzene rings is 2. The summed E-state index contributed by atoms with van der Waals surface area (Å²) in [7, 11) is 3.67. The Bertz CT molecular complexity index is 572. The number of methoxy groups -OCH3 is 1. The zero-order chi connectivity index (χ0) is 13.8. The number of nitrogens with two attached hydrogens (primary N) is 1. The van der Waals surface area contributed by atoms with Crippen LogP contribution in [0.2, 0.25) is 5.02 Å². The Morgan fingerprint density at radius 1 is 1.21 bits per heavy atom. The molecule has 0 saturated carbocycles. The zero-order valence-corrected chi connectivity index (χ0v) is 11.8. The first kappa shape index (κ1) is 13.6. The molecule has 100 valence electrons. The van der Waals surface area contributed by atoms with E-state index in [0.717, 1.165) is 23.5 Å². The molecule has 19 heavy (non-hydrogen) atoms. The van der Waals surface area contributed by atoms with Crippen molar-refractivity contribution in [3.8, 4) is 5.75 Å². The summed E-state index contributed by atoms with van der Waals surface area (Å²) in [5.41, 5.74) is 8.73. The van der Waals surface area contributed by atoms with Gasteiger partial charge in [-0.25, -0.2) is 0 Å². The van der Waals surface area contributed by atoms with Crippen molar-refractivity contribution in [3.05, 3.63) is 53.1 Å². The maximum absolute atomic E-state index is 5.99. The standard InChI is InChI=1S/C15H17ClN2O/c1-18(14-8-7-12(16)9-13(14)17)10-11-5-3-4-6-15(11)19-2/h3-9H,10,17H2,1-2H3. The van der Waals surface area contributed by atoms with Crippen LogP contribution in [0.1, 0.15) is 5.56 Å². The average Bonchev–Trinajstić information content (AvgIpc) is 2.39. The molecule has 0 aliphatic heterocycles. The van der Waals surface area contributed by atoms with Crippen LogP contribution in [0, 0.1) is 0 Å². The molecule has 0 unspecified atom stereocenters.